The second kappa shape index (κ2) is 9.91. The van der Waals surface area contributed by atoms with Crippen LogP contribution >= 0.6 is 0 Å². The minimum Gasteiger partial charge on any atom is -0.494 e. The molecule has 7 nitrogen and oxygen atoms in total. The Morgan fingerprint density at radius 2 is 1.97 bits per heavy atom. The average Bonchev–Trinajstić information content (AvgIpc) is 2.72. The Hall–Kier alpha value is -3.35. The number of para-hydroxylation sites is 1. The fourth-order valence-electron chi connectivity index (χ4n) is 3.23. The van der Waals surface area contributed by atoms with E-state index in [9.17, 15) is 14.4 Å². The van der Waals surface area contributed by atoms with Crippen LogP contribution in [0.5, 0.6) is 5.75 Å². The molecule has 1 aliphatic rings. The minimum atomic E-state index is -0.0929. The number of hydrogen-bond acceptors (Lipinski definition) is 4. The number of benzene rings is 2. The Balaban J connectivity index is 1.46. The van der Waals surface area contributed by atoms with Crippen molar-refractivity contribution in [3.8, 4) is 5.75 Å². The molecule has 1 aliphatic heterocycles. The summed E-state index contributed by atoms with van der Waals surface area (Å²) < 4.78 is 5.77. The average molecular weight is 409 g/mol. The molecule has 0 bridgehead atoms. The quantitative estimate of drug-likeness (QED) is 0.655. The molecular formula is C23H27N3O4. The Morgan fingerprint density at radius 3 is 2.77 bits per heavy atom. The molecule has 3 amide bonds. The number of hydrogen-bond donors (Lipinski definition) is 2. The predicted octanol–water partition coefficient (Wildman–Crippen LogP) is 3.35. The van der Waals surface area contributed by atoms with Crippen LogP contribution in [0.4, 0.5) is 11.4 Å². The van der Waals surface area contributed by atoms with Crippen molar-refractivity contribution in [2.45, 2.75) is 39.2 Å². The second-order valence-corrected chi connectivity index (χ2v) is 7.40. The van der Waals surface area contributed by atoms with Crippen LogP contribution in [0, 0.1) is 0 Å². The molecule has 3 rings (SSSR count). The molecule has 158 valence electrons. The molecular weight excluding hydrogens is 382 g/mol. The largest absolute Gasteiger partial charge is 0.494 e. The summed E-state index contributed by atoms with van der Waals surface area (Å²) in [5, 5.41) is 5.77. The van der Waals surface area contributed by atoms with Gasteiger partial charge in [-0.3, -0.25) is 14.4 Å². The van der Waals surface area contributed by atoms with Gasteiger partial charge in [0.2, 0.25) is 17.7 Å². The Labute approximate surface area is 176 Å². The maximum Gasteiger partial charge on any atom is 0.224 e. The second-order valence-electron chi connectivity index (χ2n) is 7.40. The number of nitrogens with one attached hydrogen (secondary N) is 2. The van der Waals surface area contributed by atoms with Crippen molar-refractivity contribution >= 4 is 29.1 Å². The topological polar surface area (TPSA) is 87.7 Å². The molecule has 2 aromatic carbocycles. The summed E-state index contributed by atoms with van der Waals surface area (Å²) in [6.45, 7) is 2.38. The van der Waals surface area contributed by atoms with Crippen molar-refractivity contribution in [1.29, 1.82) is 0 Å². The highest BCUT2D eigenvalue weighted by atomic mass is 16.5. The number of anilines is 2. The van der Waals surface area contributed by atoms with E-state index < -0.39 is 0 Å². The first-order chi connectivity index (χ1) is 14.4. The van der Waals surface area contributed by atoms with Crippen molar-refractivity contribution < 1.29 is 19.1 Å². The van der Waals surface area contributed by atoms with Gasteiger partial charge in [0.15, 0.2) is 0 Å². The predicted molar refractivity (Wildman–Crippen MR) is 115 cm³/mol. The molecule has 2 aromatic rings. The third-order valence-electron chi connectivity index (χ3n) is 5.03. The highest BCUT2D eigenvalue weighted by molar-refractivity contribution is 5.94. The highest BCUT2D eigenvalue weighted by Gasteiger charge is 2.15. The molecule has 1 heterocycles. The number of carbonyl (C=O) groups excluding carboxylic acids is 3. The lowest BCUT2D eigenvalue weighted by Crippen LogP contribution is -2.24. The maximum atomic E-state index is 12.3. The van der Waals surface area contributed by atoms with Crippen LogP contribution in [-0.4, -0.2) is 36.3 Å². The van der Waals surface area contributed by atoms with E-state index in [-0.39, 0.29) is 17.7 Å². The van der Waals surface area contributed by atoms with Crippen LogP contribution in [0.15, 0.2) is 42.5 Å². The van der Waals surface area contributed by atoms with E-state index >= 15 is 0 Å². The van der Waals surface area contributed by atoms with Crippen molar-refractivity contribution in [3.63, 3.8) is 0 Å². The zero-order valence-electron chi connectivity index (χ0n) is 17.4. The molecule has 0 saturated carbocycles. The Morgan fingerprint density at radius 1 is 1.17 bits per heavy atom. The van der Waals surface area contributed by atoms with Crippen molar-refractivity contribution in [2.24, 2.45) is 0 Å². The zero-order chi connectivity index (χ0) is 21.5. The first-order valence-corrected chi connectivity index (χ1v) is 10.1. The van der Waals surface area contributed by atoms with E-state index in [2.05, 4.69) is 10.6 Å². The van der Waals surface area contributed by atoms with Gasteiger partial charge in [-0.25, -0.2) is 0 Å². The summed E-state index contributed by atoms with van der Waals surface area (Å²) in [6.07, 6.45) is 2.10. The van der Waals surface area contributed by atoms with Crippen LogP contribution in [-0.2, 0) is 27.3 Å². The SMILES string of the molecule is CC(=O)N(C)Cc1ccccc1NC(=O)CCCOc1ccc2c(c1)CCC(=O)N2. The van der Waals surface area contributed by atoms with E-state index in [0.717, 1.165) is 22.6 Å². The summed E-state index contributed by atoms with van der Waals surface area (Å²) in [5.41, 5.74) is 3.51. The van der Waals surface area contributed by atoms with Crippen LogP contribution in [0.25, 0.3) is 0 Å². The summed E-state index contributed by atoms with van der Waals surface area (Å²) in [6, 6.07) is 13.1. The molecule has 2 N–H and O–H groups in total. The third-order valence-corrected chi connectivity index (χ3v) is 5.03. The van der Waals surface area contributed by atoms with E-state index in [4.69, 9.17) is 4.74 Å². The van der Waals surface area contributed by atoms with Gasteiger partial charge < -0.3 is 20.3 Å². The lowest BCUT2D eigenvalue weighted by Gasteiger charge is -2.18. The number of nitrogens with zero attached hydrogens (tertiary/aromatic N) is 1. The van der Waals surface area contributed by atoms with Gasteiger partial charge in [0, 0.05) is 44.7 Å². The molecule has 0 unspecified atom stereocenters. The zero-order valence-corrected chi connectivity index (χ0v) is 17.4. The number of amides is 3. The first kappa shape index (κ1) is 21.4. The van der Waals surface area contributed by atoms with Crippen LogP contribution in [0.2, 0.25) is 0 Å². The van der Waals surface area contributed by atoms with E-state index in [1.807, 2.05) is 42.5 Å². The van der Waals surface area contributed by atoms with Gasteiger partial charge in [-0.1, -0.05) is 18.2 Å². The van der Waals surface area contributed by atoms with Gasteiger partial charge in [0.1, 0.15) is 5.75 Å². The summed E-state index contributed by atoms with van der Waals surface area (Å²) in [5.74, 6) is 0.655. The van der Waals surface area contributed by atoms with Gasteiger partial charge in [-0.05, 0) is 48.2 Å². The molecule has 0 radical (unpaired) electrons. The standard InChI is InChI=1S/C23H27N3O4/c1-16(27)26(2)15-18-6-3-4-7-20(18)24-22(28)8-5-13-30-19-10-11-21-17(14-19)9-12-23(29)25-21/h3-4,6-7,10-11,14H,5,8-9,12-13,15H2,1-2H3,(H,24,28)(H,25,29). The molecule has 7 heteroatoms. The molecule has 0 aliphatic carbocycles. The van der Waals surface area contributed by atoms with Crippen LogP contribution in [0.1, 0.15) is 37.3 Å². The normalized spacial score (nSPS) is 12.5. The van der Waals surface area contributed by atoms with Gasteiger partial charge in [0.05, 0.1) is 6.61 Å². The summed E-state index contributed by atoms with van der Waals surface area (Å²) >= 11 is 0. The molecule has 0 fully saturated rings. The van der Waals surface area contributed by atoms with E-state index in [1.165, 1.54) is 6.92 Å². The summed E-state index contributed by atoms with van der Waals surface area (Å²) in [7, 11) is 1.73. The van der Waals surface area contributed by atoms with E-state index in [0.29, 0.717) is 44.5 Å². The molecule has 30 heavy (non-hydrogen) atoms. The monoisotopic (exact) mass is 409 g/mol. The molecule has 0 atom stereocenters. The molecule has 0 aromatic heterocycles. The molecule has 0 spiro atoms. The lowest BCUT2D eigenvalue weighted by atomic mass is 10.0. The summed E-state index contributed by atoms with van der Waals surface area (Å²) in [4.78, 5) is 36.8. The maximum absolute atomic E-state index is 12.3. The number of ether oxygens (including phenoxy) is 1. The number of rotatable bonds is 8. The van der Waals surface area contributed by atoms with Gasteiger partial charge in [-0.2, -0.15) is 0 Å². The van der Waals surface area contributed by atoms with Gasteiger partial charge in [-0.15, -0.1) is 0 Å². The lowest BCUT2D eigenvalue weighted by molar-refractivity contribution is -0.128. The first-order valence-electron chi connectivity index (χ1n) is 10.1. The fraction of sp³-hybridized carbons (Fsp3) is 0.348. The smallest absolute Gasteiger partial charge is 0.224 e. The van der Waals surface area contributed by atoms with E-state index in [1.54, 1.807) is 11.9 Å². The van der Waals surface area contributed by atoms with Crippen LogP contribution < -0.4 is 15.4 Å². The van der Waals surface area contributed by atoms with Crippen molar-refractivity contribution in [1.82, 2.24) is 4.90 Å². The number of carbonyl (C=O) groups is 3. The van der Waals surface area contributed by atoms with Crippen molar-refractivity contribution in [2.75, 3.05) is 24.3 Å². The van der Waals surface area contributed by atoms with Crippen molar-refractivity contribution in [3.05, 3.63) is 53.6 Å². The van der Waals surface area contributed by atoms with Gasteiger partial charge >= 0.3 is 0 Å². The highest BCUT2D eigenvalue weighted by Crippen LogP contribution is 2.27. The van der Waals surface area contributed by atoms with Gasteiger partial charge in [0.25, 0.3) is 0 Å². The number of aryl methyl sites for hydroxylation is 1. The Bertz CT molecular complexity index is 942. The fourth-order valence-corrected chi connectivity index (χ4v) is 3.23. The molecule has 0 saturated heterocycles. The van der Waals surface area contributed by atoms with Crippen LogP contribution in [0.3, 0.4) is 0 Å². The Kier molecular flexibility index (Phi) is 7.06. The number of fused-ring (bicyclic) bond motifs is 1. The minimum absolute atomic E-state index is 0.0298. The third kappa shape index (κ3) is 5.83.